The van der Waals surface area contributed by atoms with E-state index in [1.165, 1.54) is 0 Å². The fraction of sp³-hybridized carbons (Fsp3) is 0.692. The largest absolute Gasteiger partial charge is 0.385 e. The van der Waals surface area contributed by atoms with Crippen molar-refractivity contribution >= 4 is 17.7 Å². The summed E-state index contributed by atoms with van der Waals surface area (Å²) in [6.45, 7) is 1.38. The average Bonchev–Trinajstić information content (AvgIpc) is 2.82. The number of ether oxygens (including phenoxy) is 1. The van der Waals surface area contributed by atoms with Crippen LogP contribution in [-0.2, 0) is 9.53 Å². The SMILES string of the molecule is COCCCNC1=C(C#N)C(=O)NC2(CCCC2)S1. The summed E-state index contributed by atoms with van der Waals surface area (Å²) < 4.78 is 4.99. The molecule has 1 aliphatic heterocycles. The van der Waals surface area contributed by atoms with Gasteiger partial charge < -0.3 is 15.4 Å². The van der Waals surface area contributed by atoms with E-state index in [0.29, 0.717) is 13.2 Å². The molecule has 0 bridgehead atoms. The Morgan fingerprint density at radius 1 is 1.53 bits per heavy atom. The van der Waals surface area contributed by atoms with Crippen LogP contribution in [0.3, 0.4) is 0 Å². The van der Waals surface area contributed by atoms with Crippen LogP contribution in [0.15, 0.2) is 10.6 Å². The molecule has 0 unspecified atom stereocenters. The molecule has 0 saturated heterocycles. The van der Waals surface area contributed by atoms with Gasteiger partial charge in [-0.3, -0.25) is 4.79 Å². The van der Waals surface area contributed by atoms with Crippen molar-refractivity contribution in [2.24, 2.45) is 0 Å². The molecule has 1 spiro atoms. The quantitative estimate of drug-likeness (QED) is 0.747. The Bertz CT molecular complexity index is 422. The molecule has 104 valence electrons. The molecule has 0 aromatic heterocycles. The van der Waals surface area contributed by atoms with E-state index in [9.17, 15) is 4.79 Å². The Kier molecular flexibility index (Phi) is 4.72. The third-order valence-corrected chi connectivity index (χ3v) is 4.88. The van der Waals surface area contributed by atoms with Gasteiger partial charge in [-0.2, -0.15) is 5.26 Å². The highest BCUT2D eigenvalue weighted by Gasteiger charge is 2.42. The number of hydrogen-bond acceptors (Lipinski definition) is 5. The van der Waals surface area contributed by atoms with Crippen molar-refractivity contribution in [2.45, 2.75) is 37.0 Å². The molecule has 19 heavy (non-hydrogen) atoms. The smallest absolute Gasteiger partial charge is 0.265 e. The Hall–Kier alpha value is -1.19. The summed E-state index contributed by atoms with van der Waals surface area (Å²) in [5.41, 5.74) is 0.208. The number of methoxy groups -OCH3 is 1. The van der Waals surface area contributed by atoms with Crippen LogP contribution in [0, 0.1) is 11.3 Å². The second-order valence-corrected chi connectivity index (χ2v) is 6.24. The van der Waals surface area contributed by atoms with Gasteiger partial charge in [0.15, 0.2) is 0 Å². The first kappa shape index (κ1) is 14.2. The summed E-state index contributed by atoms with van der Waals surface area (Å²) >= 11 is 1.61. The van der Waals surface area contributed by atoms with Crippen LogP contribution in [0.4, 0.5) is 0 Å². The molecule has 2 aliphatic rings. The number of carbonyl (C=O) groups excluding carboxylic acids is 1. The summed E-state index contributed by atoms with van der Waals surface area (Å²) in [4.78, 5) is 11.8. The number of nitriles is 1. The number of hydrogen-bond donors (Lipinski definition) is 2. The highest BCUT2D eigenvalue weighted by Crippen LogP contribution is 2.45. The Balaban J connectivity index is 2.06. The Morgan fingerprint density at radius 2 is 2.26 bits per heavy atom. The van der Waals surface area contributed by atoms with Crippen molar-refractivity contribution in [3.05, 3.63) is 10.6 Å². The summed E-state index contributed by atoms with van der Waals surface area (Å²) in [5.74, 6) is -0.239. The summed E-state index contributed by atoms with van der Waals surface area (Å²) in [6.07, 6.45) is 5.07. The van der Waals surface area contributed by atoms with E-state index >= 15 is 0 Å². The maximum Gasteiger partial charge on any atom is 0.265 e. The molecule has 1 aliphatic carbocycles. The fourth-order valence-corrected chi connectivity index (χ4v) is 3.90. The van der Waals surface area contributed by atoms with Gasteiger partial charge in [-0.1, -0.05) is 24.6 Å². The van der Waals surface area contributed by atoms with Crippen molar-refractivity contribution in [3.63, 3.8) is 0 Å². The molecule has 1 fully saturated rings. The van der Waals surface area contributed by atoms with Gasteiger partial charge in [-0.15, -0.1) is 0 Å². The maximum absolute atomic E-state index is 12.0. The predicted octanol–water partition coefficient (Wildman–Crippen LogP) is 1.48. The molecule has 6 heteroatoms. The lowest BCUT2D eigenvalue weighted by molar-refractivity contribution is -0.118. The first-order chi connectivity index (χ1) is 9.21. The van der Waals surface area contributed by atoms with Gasteiger partial charge in [0.05, 0.1) is 9.90 Å². The summed E-state index contributed by atoms with van der Waals surface area (Å²) in [6, 6.07) is 2.00. The molecular weight excluding hydrogens is 262 g/mol. The monoisotopic (exact) mass is 281 g/mol. The number of amides is 1. The zero-order valence-corrected chi connectivity index (χ0v) is 11.9. The van der Waals surface area contributed by atoms with Crippen LogP contribution in [0.2, 0.25) is 0 Å². The molecule has 5 nitrogen and oxygen atoms in total. The minimum Gasteiger partial charge on any atom is -0.385 e. The van der Waals surface area contributed by atoms with Crippen molar-refractivity contribution in [3.8, 4) is 6.07 Å². The van der Waals surface area contributed by atoms with Crippen LogP contribution in [0.25, 0.3) is 0 Å². The van der Waals surface area contributed by atoms with Gasteiger partial charge in [0.1, 0.15) is 11.6 Å². The summed E-state index contributed by atoms with van der Waals surface area (Å²) in [5, 5.41) is 16.1. The van der Waals surface area contributed by atoms with Crippen LogP contribution in [0.1, 0.15) is 32.1 Å². The van der Waals surface area contributed by atoms with Gasteiger partial charge in [-0.05, 0) is 19.3 Å². The van der Waals surface area contributed by atoms with E-state index in [0.717, 1.165) is 37.1 Å². The second kappa shape index (κ2) is 6.31. The van der Waals surface area contributed by atoms with E-state index in [-0.39, 0.29) is 16.4 Å². The first-order valence-electron chi connectivity index (χ1n) is 6.59. The van der Waals surface area contributed by atoms with Crippen LogP contribution in [-0.4, -0.2) is 31.0 Å². The third kappa shape index (κ3) is 3.23. The lowest BCUT2D eigenvalue weighted by atomic mass is 10.2. The van der Waals surface area contributed by atoms with Gasteiger partial charge in [0.25, 0.3) is 5.91 Å². The number of thioether (sulfide) groups is 1. The third-order valence-electron chi connectivity index (χ3n) is 3.43. The second-order valence-electron chi connectivity index (χ2n) is 4.85. The van der Waals surface area contributed by atoms with Crippen LogP contribution >= 0.6 is 11.8 Å². The molecular formula is C13H19N3O2S. The molecule has 1 amide bonds. The van der Waals surface area contributed by atoms with Gasteiger partial charge in [0.2, 0.25) is 0 Å². The molecule has 0 aromatic carbocycles. The Labute approximate surface area is 117 Å². The number of nitrogens with one attached hydrogen (secondary N) is 2. The van der Waals surface area contributed by atoms with Crippen molar-refractivity contribution in [1.29, 1.82) is 5.26 Å². The lowest BCUT2D eigenvalue weighted by Crippen LogP contribution is -2.48. The average molecular weight is 281 g/mol. The fourth-order valence-electron chi connectivity index (χ4n) is 2.46. The van der Waals surface area contributed by atoms with Crippen molar-refractivity contribution < 1.29 is 9.53 Å². The highest BCUT2D eigenvalue weighted by molar-refractivity contribution is 8.04. The number of carbonyl (C=O) groups is 1. The Morgan fingerprint density at radius 3 is 2.89 bits per heavy atom. The maximum atomic E-state index is 12.0. The first-order valence-corrected chi connectivity index (χ1v) is 7.41. The minimum absolute atomic E-state index is 0.193. The van der Waals surface area contributed by atoms with Crippen LogP contribution < -0.4 is 10.6 Å². The number of nitrogens with zero attached hydrogens (tertiary/aromatic N) is 1. The highest BCUT2D eigenvalue weighted by atomic mass is 32.2. The topological polar surface area (TPSA) is 74.1 Å². The van der Waals surface area contributed by atoms with E-state index < -0.39 is 0 Å². The van der Waals surface area contributed by atoms with E-state index in [2.05, 4.69) is 10.6 Å². The predicted molar refractivity (Wildman–Crippen MR) is 74.1 cm³/mol. The lowest BCUT2D eigenvalue weighted by Gasteiger charge is -2.34. The van der Waals surface area contributed by atoms with Gasteiger partial charge in [0, 0.05) is 20.3 Å². The zero-order chi connectivity index (χ0) is 13.7. The molecule has 0 atom stereocenters. The van der Waals surface area contributed by atoms with Gasteiger partial charge in [-0.25, -0.2) is 0 Å². The molecule has 1 heterocycles. The van der Waals surface area contributed by atoms with Crippen LogP contribution in [0.5, 0.6) is 0 Å². The molecule has 2 N–H and O–H groups in total. The zero-order valence-electron chi connectivity index (χ0n) is 11.1. The molecule has 0 radical (unpaired) electrons. The summed E-state index contributed by atoms with van der Waals surface area (Å²) in [7, 11) is 1.66. The van der Waals surface area contributed by atoms with E-state index in [1.54, 1.807) is 18.9 Å². The van der Waals surface area contributed by atoms with Crippen molar-refractivity contribution in [2.75, 3.05) is 20.3 Å². The molecule has 1 saturated carbocycles. The van der Waals surface area contributed by atoms with Crippen molar-refractivity contribution in [1.82, 2.24) is 10.6 Å². The van der Waals surface area contributed by atoms with Gasteiger partial charge >= 0.3 is 0 Å². The molecule has 2 rings (SSSR count). The normalized spacial score (nSPS) is 21.4. The molecule has 0 aromatic rings. The standard InChI is InChI=1S/C13H19N3O2S/c1-18-8-4-7-15-12-10(9-14)11(17)16-13(19-12)5-2-3-6-13/h15H,2-8H2,1H3,(H,16,17). The minimum atomic E-state index is -0.239. The number of rotatable bonds is 5. The van der Waals surface area contributed by atoms with E-state index in [4.69, 9.17) is 10.00 Å². The van der Waals surface area contributed by atoms with E-state index in [1.807, 2.05) is 6.07 Å².